The zero-order valence-electron chi connectivity index (χ0n) is 7.31. The predicted molar refractivity (Wildman–Crippen MR) is 57.3 cm³/mol. The minimum absolute atomic E-state index is 1.07. The van der Waals surface area contributed by atoms with Crippen LogP contribution in [-0.2, 0) is 6.42 Å². The summed E-state index contributed by atoms with van der Waals surface area (Å²) in [4.78, 5) is 0. The number of aryl methyl sites for hydroxylation is 1. The molecule has 1 rings (SSSR count). The largest absolute Gasteiger partial charge is 0.100 e. The van der Waals surface area contributed by atoms with Crippen molar-refractivity contribution < 1.29 is 0 Å². The van der Waals surface area contributed by atoms with E-state index in [1.165, 1.54) is 15.6 Å². The minimum Gasteiger partial charge on any atom is -0.100 e. The van der Waals surface area contributed by atoms with E-state index < -0.39 is 0 Å². The Morgan fingerprint density at radius 1 is 1.42 bits per heavy atom. The molecular formula is C11H13Br. The molecule has 0 amide bonds. The van der Waals surface area contributed by atoms with Crippen molar-refractivity contribution in [1.82, 2.24) is 0 Å². The summed E-state index contributed by atoms with van der Waals surface area (Å²) in [6.45, 7) is 5.95. The molecule has 0 heterocycles. The topological polar surface area (TPSA) is 0 Å². The second-order valence-electron chi connectivity index (χ2n) is 3.05. The van der Waals surface area contributed by atoms with Gasteiger partial charge in [0.1, 0.15) is 0 Å². The molecule has 0 aliphatic rings. The lowest BCUT2D eigenvalue weighted by molar-refractivity contribution is 0.941. The van der Waals surface area contributed by atoms with Gasteiger partial charge in [0.2, 0.25) is 0 Å². The summed E-state index contributed by atoms with van der Waals surface area (Å²) in [5, 5.41) is 0. The van der Waals surface area contributed by atoms with Crippen molar-refractivity contribution in [2.24, 2.45) is 0 Å². The monoisotopic (exact) mass is 224 g/mol. The van der Waals surface area contributed by atoms with Crippen LogP contribution in [0, 0.1) is 0 Å². The van der Waals surface area contributed by atoms with Gasteiger partial charge in [-0.2, -0.15) is 0 Å². The summed E-state index contributed by atoms with van der Waals surface area (Å²) in [6, 6.07) is 8.33. The Morgan fingerprint density at radius 2 is 2.08 bits per heavy atom. The molecule has 0 aliphatic heterocycles. The lowest BCUT2D eigenvalue weighted by Crippen LogP contribution is -1.86. The van der Waals surface area contributed by atoms with Gasteiger partial charge >= 0.3 is 0 Å². The molecule has 0 fully saturated rings. The van der Waals surface area contributed by atoms with Crippen LogP contribution in [0.1, 0.15) is 18.9 Å². The first-order chi connectivity index (χ1) is 5.70. The zero-order valence-corrected chi connectivity index (χ0v) is 8.89. The summed E-state index contributed by atoms with van der Waals surface area (Å²) < 4.78 is 1.20. The van der Waals surface area contributed by atoms with Crippen molar-refractivity contribution in [3.63, 3.8) is 0 Å². The lowest BCUT2D eigenvalue weighted by Gasteiger charge is -2.02. The number of hydrogen-bond acceptors (Lipinski definition) is 0. The maximum atomic E-state index is 3.88. The Labute approximate surface area is 82.4 Å². The van der Waals surface area contributed by atoms with Crippen LogP contribution in [0.25, 0.3) is 0 Å². The first-order valence-corrected chi connectivity index (χ1v) is 4.87. The van der Waals surface area contributed by atoms with E-state index in [4.69, 9.17) is 0 Å². The van der Waals surface area contributed by atoms with Crippen molar-refractivity contribution in [1.29, 1.82) is 0 Å². The summed E-state index contributed by atoms with van der Waals surface area (Å²) >= 11 is 3.52. The van der Waals surface area contributed by atoms with Gasteiger partial charge < -0.3 is 0 Å². The fourth-order valence-corrected chi connectivity index (χ4v) is 1.53. The van der Waals surface area contributed by atoms with Crippen LogP contribution in [0.15, 0.2) is 40.9 Å². The summed E-state index contributed by atoms with van der Waals surface area (Å²) in [6.07, 6.45) is 2.15. The molecule has 0 saturated heterocycles. The third-order valence-corrected chi connectivity index (χ3v) is 2.55. The molecule has 0 unspecified atom stereocenters. The molecule has 0 saturated carbocycles. The molecule has 0 aromatic heterocycles. The highest BCUT2D eigenvalue weighted by molar-refractivity contribution is 9.10. The van der Waals surface area contributed by atoms with Gasteiger partial charge in [-0.25, -0.2) is 0 Å². The molecule has 0 aliphatic carbocycles. The van der Waals surface area contributed by atoms with Crippen molar-refractivity contribution in [2.75, 3.05) is 0 Å². The SMILES string of the molecule is C=C(C)CCc1ccccc1Br. The predicted octanol–water partition coefficient (Wildman–Crippen LogP) is 3.96. The molecule has 0 spiro atoms. The third kappa shape index (κ3) is 2.82. The van der Waals surface area contributed by atoms with Gasteiger partial charge in [0.05, 0.1) is 0 Å². The highest BCUT2D eigenvalue weighted by atomic mass is 79.9. The van der Waals surface area contributed by atoms with Gasteiger partial charge in [-0.1, -0.05) is 39.7 Å². The Balaban J connectivity index is 2.63. The number of allylic oxidation sites excluding steroid dienone is 1. The summed E-state index contributed by atoms with van der Waals surface area (Å²) in [7, 11) is 0. The molecular weight excluding hydrogens is 212 g/mol. The number of benzene rings is 1. The van der Waals surface area contributed by atoms with E-state index in [1.54, 1.807) is 0 Å². The number of rotatable bonds is 3. The quantitative estimate of drug-likeness (QED) is 0.683. The lowest BCUT2D eigenvalue weighted by atomic mass is 10.1. The smallest absolute Gasteiger partial charge is 0.0207 e. The average Bonchev–Trinajstić information content (AvgIpc) is 2.03. The first kappa shape index (κ1) is 9.53. The van der Waals surface area contributed by atoms with Gasteiger partial charge in [0.15, 0.2) is 0 Å². The van der Waals surface area contributed by atoms with Crippen LogP contribution in [0.4, 0.5) is 0 Å². The van der Waals surface area contributed by atoms with E-state index in [0.29, 0.717) is 0 Å². The molecule has 12 heavy (non-hydrogen) atoms. The normalized spacial score (nSPS) is 9.83. The molecule has 1 heteroatoms. The van der Waals surface area contributed by atoms with Crippen LogP contribution in [0.3, 0.4) is 0 Å². The Kier molecular flexibility index (Phi) is 3.54. The molecule has 0 radical (unpaired) electrons. The van der Waals surface area contributed by atoms with Crippen molar-refractivity contribution >= 4 is 15.9 Å². The van der Waals surface area contributed by atoms with Gasteiger partial charge in [0, 0.05) is 4.47 Å². The maximum absolute atomic E-state index is 3.88. The molecule has 1 aromatic carbocycles. The second kappa shape index (κ2) is 4.46. The number of hydrogen-bond donors (Lipinski definition) is 0. The standard InChI is InChI=1S/C11H13Br/c1-9(2)7-8-10-5-3-4-6-11(10)12/h3-6H,1,7-8H2,2H3. The molecule has 1 aromatic rings. The Morgan fingerprint density at radius 3 is 2.67 bits per heavy atom. The highest BCUT2D eigenvalue weighted by Gasteiger charge is 1.97. The van der Waals surface area contributed by atoms with E-state index in [1.807, 2.05) is 6.07 Å². The Hall–Kier alpha value is -0.560. The van der Waals surface area contributed by atoms with E-state index in [0.717, 1.165) is 12.8 Å². The molecule has 0 atom stereocenters. The average molecular weight is 225 g/mol. The first-order valence-electron chi connectivity index (χ1n) is 4.08. The van der Waals surface area contributed by atoms with Crippen molar-refractivity contribution in [3.8, 4) is 0 Å². The van der Waals surface area contributed by atoms with Crippen LogP contribution in [0.2, 0.25) is 0 Å². The summed E-state index contributed by atoms with van der Waals surface area (Å²) in [5.74, 6) is 0. The van der Waals surface area contributed by atoms with Gasteiger partial charge in [-0.05, 0) is 31.4 Å². The van der Waals surface area contributed by atoms with E-state index in [2.05, 4.69) is 47.6 Å². The second-order valence-corrected chi connectivity index (χ2v) is 3.90. The molecule has 0 N–H and O–H groups in total. The van der Waals surface area contributed by atoms with Gasteiger partial charge in [0.25, 0.3) is 0 Å². The van der Waals surface area contributed by atoms with Gasteiger partial charge in [-0.3, -0.25) is 0 Å². The third-order valence-electron chi connectivity index (χ3n) is 1.78. The maximum Gasteiger partial charge on any atom is 0.0207 e. The highest BCUT2D eigenvalue weighted by Crippen LogP contribution is 2.18. The molecule has 0 bridgehead atoms. The minimum atomic E-state index is 1.07. The number of halogens is 1. The van der Waals surface area contributed by atoms with Crippen LogP contribution in [0.5, 0.6) is 0 Å². The van der Waals surface area contributed by atoms with E-state index in [-0.39, 0.29) is 0 Å². The summed E-state index contributed by atoms with van der Waals surface area (Å²) in [5.41, 5.74) is 2.60. The van der Waals surface area contributed by atoms with Crippen LogP contribution >= 0.6 is 15.9 Å². The van der Waals surface area contributed by atoms with Crippen molar-refractivity contribution in [2.45, 2.75) is 19.8 Å². The van der Waals surface area contributed by atoms with Crippen LogP contribution in [-0.4, -0.2) is 0 Å². The fourth-order valence-electron chi connectivity index (χ4n) is 1.05. The fraction of sp³-hybridized carbons (Fsp3) is 0.273. The Bertz CT molecular complexity index is 276. The zero-order chi connectivity index (χ0) is 8.97. The van der Waals surface area contributed by atoms with Crippen LogP contribution < -0.4 is 0 Å². The van der Waals surface area contributed by atoms with E-state index >= 15 is 0 Å². The van der Waals surface area contributed by atoms with Crippen molar-refractivity contribution in [3.05, 3.63) is 46.5 Å². The molecule has 0 nitrogen and oxygen atoms in total. The van der Waals surface area contributed by atoms with E-state index in [9.17, 15) is 0 Å². The molecule has 64 valence electrons. The van der Waals surface area contributed by atoms with Gasteiger partial charge in [-0.15, -0.1) is 6.58 Å².